The Morgan fingerprint density at radius 2 is 1.92 bits per heavy atom. The molecule has 0 rings (SSSR count). The van der Waals surface area contributed by atoms with Crippen molar-refractivity contribution < 1.29 is 24.5 Å². The number of carboxylic acids is 2. The third kappa shape index (κ3) is 4.47. The largest absolute Gasteiger partial charge is 0.481 e. The molecule has 0 aromatic carbocycles. The smallest absolute Gasteiger partial charge is 0.309 e. The van der Waals surface area contributed by atoms with Crippen LogP contribution in [0.3, 0.4) is 0 Å². The van der Waals surface area contributed by atoms with Crippen molar-refractivity contribution in [3.8, 4) is 0 Å². The molecule has 0 amide bonds. The molecular formula is C8H14O5. The van der Waals surface area contributed by atoms with E-state index in [1.165, 1.54) is 0 Å². The lowest BCUT2D eigenvalue weighted by Gasteiger charge is -2.17. The summed E-state index contributed by atoms with van der Waals surface area (Å²) in [7, 11) is 0. The highest BCUT2D eigenvalue weighted by atomic mass is 16.5. The van der Waals surface area contributed by atoms with Crippen LogP contribution in [0.1, 0.15) is 20.3 Å². The van der Waals surface area contributed by atoms with Crippen molar-refractivity contribution in [1.29, 1.82) is 0 Å². The Bertz CT molecular complexity index is 189. The Kier molecular flexibility index (Phi) is 5.06. The molecule has 0 aliphatic rings. The summed E-state index contributed by atoms with van der Waals surface area (Å²) in [6.07, 6.45) is -0.977. The summed E-state index contributed by atoms with van der Waals surface area (Å²) in [6.45, 7) is 3.67. The van der Waals surface area contributed by atoms with Gasteiger partial charge in [0.05, 0.1) is 18.4 Å². The molecule has 0 aromatic heterocycles. The van der Waals surface area contributed by atoms with Gasteiger partial charge in [0.25, 0.3) is 0 Å². The molecule has 0 saturated heterocycles. The number of hydrogen-bond acceptors (Lipinski definition) is 3. The lowest BCUT2D eigenvalue weighted by atomic mass is 10.00. The summed E-state index contributed by atoms with van der Waals surface area (Å²) in [5.74, 6) is -3.24. The zero-order chi connectivity index (χ0) is 10.4. The summed E-state index contributed by atoms with van der Waals surface area (Å²) < 4.78 is 5.02. The van der Waals surface area contributed by atoms with Gasteiger partial charge in [0, 0.05) is 6.61 Å². The minimum absolute atomic E-state index is 0.380. The third-order valence-electron chi connectivity index (χ3n) is 1.71. The number of carboxylic acid groups (broad SMARTS) is 2. The SMILES string of the molecule is CCOC(C)C(CC(=O)O)C(=O)O. The first-order valence-corrected chi connectivity index (χ1v) is 4.05. The van der Waals surface area contributed by atoms with Crippen LogP contribution in [0, 0.1) is 5.92 Å². The fourth-order valence-electron chi connectivity index (χ4n) is 1.02. The Labute approximate surface area is 76.3 Å². The van der Waals surface area contributed by atoms with Gasteiger partial charge in [-0.05, 0) is 13.8 Å². The summed E-state index contributed by atoms with van der Waals surface area (Å²) >= 11 is 0. The Balaban J connectivity index is 4.23. The molecule has 2 unspecified atom stereocenters. The van der Waals surface area contributed by atoms with Gasteiger partial charge in [-0.15, -0.1) is 0 Å². The van der Waals surface area contributed by atoms with Gasteiger partial charge in [0.1, 0.15) is 0 Å². The second-order valence-corrected chi connectivity index (χ2v) is 2.70. The van der Waals surface area contributed by atoms with Crippen LogP contribution < -0.4 is 0 Å². The highest BCUT2D eigenvalue weighted by Gasteiger charge is 2.27. The van der Waals surface area contributed by atoms with E-state index in [4.69, 9.17) is 14.9 Å². The van der Waals surface area contributed by atoms with Gasteiger partial charge in [-0.3, -0.25) is 9.59 Å². The normalized spacial score (nSPS) is 14.9. The van der Waals surface area contributed by atoms with Crippen LogP contribution in [0.25, 0.3) is 0 Å². The fourth-order valence-corrected chi connectivity index (χ4v) is 1.02. The summed E-state index contributed by atoms with van der Waals surface area (Å²) in [5, 5.41) is 17.1. The quantitative estimate of drug-likeness (QED) is 0.640. The molecule has 0 heterocycles. The van der Waals surface area contributed by atoms with Gasteiger partial charge in [-0.1, -0.05) is 0 Å². The van der Waals surface area contributed by atoms with Gasteiger partial charge in [-0.25, -0.2) is 0 Å². The molecule has 13 heavy (non-hydrogen) atoms. The second-order valence-electron chi connectivity index (χ2n) is 2.70. The molecule has 5 nitrogen and oxygen atoms in total. The van der Waals surface area contributed by atoms with Crippen LogP contribution >= 0.6 is 0 Å². The molecule has 2 N–H and O–H groups in total. The van der Waals surface area contributed by atoms with Gasteiger partial charge in [0.15, 0.2) is 0 Å². The van der Waals surface area contributed by atoms with E-state index >= 15 is 0 Å². The molecule has 0 fully saturated rings. The van der Waals surface area contributed by atoms with Gasteiger partial charge < -0.3 is 14.9 Å². The zero-order valence-corrected chi connectivity index (χ0v) is 7.69. The van der Waals surface area contributed by atoms with Crippen LogP contribution in [0.2, 0.25) is 0 Å². The van der Waals surface area contributed by atoms with Crippen LogP contribution in [0.4, 0.5) is 0 Å². The van der Waals surface area contributed by atoms with Crippen molar-refractivity contribution in [2.75, 3.05) is 6.61 Å². The number of carbonyl (C=O) groups is 2. The third-order valence-corrected chi connectivity index (χ3v) is 1.71. The first-order chi connectivity index (χ1) is 5.99. The predicted octanol–water partition coefficient (Wildman–Crippen LogP) is 0.587. The molecule has 0 saturated carbocycles. The number of rotatable bonds is 6. The maximum absolute atomic E-state index is 10.6. The lowest BCUT2D eigenvalue weighted by Crippen LogP contribution is -2.30. The molecule has 5 heteroatoms. The van der Waals surface area contributed by atoms with Crippen molar-refractivity contribution in [3.05, 3.63) is 0 Å². The Morgan fingerprint density at radius 1 is 1.38 bits per heavy atom. The highest BCUT2D eigenvalue weighted by molar-refractivity contribution is 5.78. The van der Waals surface area contributed by atoms with E-state index in [1.54, 1.807) is 13.8 Å². The molecule has 0 aliphatic carbocycles. The maximum Gasteiger partial charge on any atom is 0.309 e. The monoisotopic (exact) mass is 190 g/mol. The summed E-state index contributed by atoms with van der Waals surface area (Å²) in [4.78, 5) is 20.9. The Morgan fingerprint density at radius 3 is 2.23 bits per heavy atom. The van der Waals surface area contributed by atoms with Crippen LogP contribution in [0.5, 0.6) is 0 Å². The first kappa shape index (κ1) is 11.9. The summed E-state index contributed by atoms with van der Waals surface area (Å²) in [5.41, 5.74) is 0. The van der Waals surface area contributed by atoms with E-state index in [1.807, 2.05) is 0 Å². The lowest BCUT2D eigenvalue weighted by molar-refractivity contribution is -0.153. The van der Waals surface area contributed by atoms with Crippen molar-refractivity contribution in [3.63, 3.8) is 0 Å². The molecule has 2 atom stereocenters. The predicted molar refractivity (Wildman–Crippen MR) is 44.5 cm³/mol. The topological polar surface area (TPSA) is 83.8 Å². The van der Waals surface area contributed by atoms with Gasteiger partial charge >= 0.3 is 11.9 Å². The molecular weight excluding hydrogens is 176 g/mol. The fraction of sp³-hybridized carbons (Fsp3) is 0.750. The molecule has 0 radical (unpaired) electrons. The molecule has 76 valence electrons. The zero-order valence-electron chi connectivity index (χ0n) is 7.69. The van der Waals surface area contributed by atoms with Crippen LogP contribution in [-0.2, 0) is 14.3 Å². The van der Waals surface area contributed by atoms with Crippen molar-refractivity contribution in [1.82, 2.24) is 0 Å². The second kappa shape index (κ2) is 5.53. The minimum atomic E-state index is -1.14. The van der Waals surface area contributed by atoms with E-state index in [-0.39, 0.29) is 0 Å². The molecule has 0 aromatic rings. The van der Waals surface area contributed by atoms with E-state index < -0.39 is 30.4 Å². The number of hydrogen-bond donors (Lipinski definition) is 2. The van der Waals surface area contributed by atoms with E-state index in [0.717, 1.165) is 0 Å². The van der Waals surface area contributed by atoms with Crippen molar-refractivity contribution >= 4 is 11.9 Å². The van der Waals surface area contributed by atoms with Crippen LogP contribution in [0.15, 0.2) is 0 Å². The van der Waals surface area contributed by atoms with Crippen molar-refractivity contribution in [2.24, 2.45) is 5.92 Å². The minimum Gasteiger partial charge on any atom is -0.481 e. The standard InChI is InChI=1S/C8H14O5/c1-3-13-5(2)6(8(11)12)4-7(9)10/h5-6H,3-4H2,1-2H3,(H,9,10)(H,11,12). The summed E-state index contributed by atoms with van der Waals surface area (Å²) in [6, 6.07) is 0. The van der Waals surface area contributed by atoms with Crippen LogP contribution in [-0.4, -0.2) is 34.9 Å². The van der Waals surface area contributed by atoms with Gasteiger partial charge in [-0.2, -0.15) is 0 Å². The number of aliphatic carboxylic acids is 2. The average molecular weight is 190 g/mol. The van der Waals surface area contributed by atoms with E-state index in [9.17, 15) is 9.59 Å². The van der Waals surface area contributed by atoms with E-state index in [2.05, 4.69) is 0 Å². The van der Waals surface area contributed by atoms with Gasteiger partial charge in [0.2, 0.25) is 0 Å². The van der Waals surface area contributed by atoms with Crippen molar-refractivity contribution in [2.45, 2.75) is 26.4 Å². The molecule has 0 aliphatic heterocycles. The highest BCUT2D eigenvalue weighted by Crippen LogP contribution is 2.12. The molecule has 0 spiro atoms. The molecule has 0 bridgehead atoms. The number of ether oxygens (including phenoxy) is 1. The first-order valence-electron chi connectivity index (χ1n) is 4.05. The Hall–Kier alpha value is -1.10. The van der Waals surface area contributed by atoms with E-state index in [0.29, 0.717) is 6.61 Å². The maximum atomic E-state index is 10.6. The average Bonchev–Trinajstić information content (AvgIpc) is 1.99.